The van der Waals surface area contributed by atoms with Crippen molar-refractivity contribution in [2.75, 3.05) is 26.0 Å². The molecule has 5 N–H and O–H groups in total. The third-order valence-electron chi connectivity index (χ3n) is 3.21. The third-order valence-corrected chi connectivity index (χ3v) is 4.29. The van der Waals surface area contributed by atoms with E-state index >= 15 is 0 Å². The maximum Gasteiger partial charge on any atom is 0.255 e. The van der Waals surface area contributed by atoms with Gasteiger partial charge in [0.25, 0.3) is 5.91 Å². The Morgan fingerprint density at radius 1 is 1.38 bits per heavy atom. The Morgan fingerprint density at radius 3 is 2.71 bits per heavy atom. The van der Waals surface area contributed by atoms with Gasteiger partial charge in [-0.15, -0.1) is 10.2 Å². The summed E-state index contributed by atoms with van der Waals surface area (Å²) in [5, 5.41) is 11.7. The number of ether oxygens (including phenoxy) is 2. The summed E-state index contributed by atoms with van der Waals surface area (Å²) in [5.74, 6) is 0.697. The van der Waals surface area contributed by atoms with Gasteiger partial charge in [-0.05, 0) is 26.0 Å². The first-order chi connectivity index (χ1) is 11.4. The number of methoxy groups -OCH3 is 1. The van der Waals surface area contributed by atoms with Gasteiger partial charge in [0.2, 0.25) is 5.13 Å². The molecule has 2 rings (SSSR count). The molecule has 0 spiro atoms. The van der Waals surface area contributed by atoms with E-state index in [0.717, 1.165) is 0 Å². The van der Waals surface area contributed by atoms with E-state index in [9.17, 15) is 4.79 Å². The summed E-state index contributed by atoms with van der Waals surface area (Å²) in [7, 11) is 1.55. The lowest BCUT2D eigenvalue weighted by molar-refractivity contribution is 0.0907. The number of carbonyl (C=O) groups is 1. The van der Waals surface area contributed by atoms with Gasteiger partial charge in [-0.25, -0.2) is 0 Å². The summed E-state index contributed by atoms with van der Waals surface area (Å²) in [5.41, 5.74) is 10.7. The van der Waals surface area contributed by atoms with Crippen LogP contribution in [0.2, 0.25) is 0 Å². The van der Waals surface area contributed by atoms with Gasteiger partial charge in [0, 0.05) is 12.6 Å². The zero-order valence-electron chi connectivity index (χ0n) is 13.8. The molecule has 0 atom stereocenters. The Balaban J connectivity index is 2.25. The molecule has 9 heteroatoms. The van der Waals surface area contributed by atoms with Gasteiger partial charge in [-0.3, -0.25) is 4.79 Å². The fraction of sp³-hybridized carbons (Fsp3) is 0.400. The molecule has 8 nitrogen and oxygen atoms in total. The fourth-order valence-corrected chi connectivity index (χ4v) is 2.66. The van der Waals surface area contributed by atoms with Gasteiger partial charge in [0.1, 0.15) is 23.1 Å². The summed E-state index contributed by atoms with van der Waals surface area (Å²) in [6.07, 6.45) is 0. The SMILES string of the molecule is COc1ccc(C(=O)NC(C)(C)c2nnc(N)s2)c(OCCN)c1. The van der Waals surface area contributed by atoms with Crippen LogP contribution in [0.15, 0.2) is 18.2 Å². The predicted octanol–water partition coefficient (Wildman–Crippen LogP) is 1.13. The number of nitrogens with zero attached hydrogens (tertiary/aromatic N) is 2. The second kappa shape index (κ2) is 7.45. The number of amides is 1. The molecule has 0 radical (unpaired) electrons. The smallest absolute Gasteiger partial charge is 0.255 e. The van der Waals surface area contributed by atoms with Gasteiger partial charge in [-0.2, -0.15) is 0 Å². The number of aromatic nitrogens is 2. The minimum atomic E-state index is -0.725. The average Bonchev–Trinajstić information content (AvgIpc) is 2.99. The van der Waals surface area contributed by atoms with Gasteiger partial charge < -0.3 is 26.3 Å². The van der Waals surface area contributed by atoms with E-state index in [2.05, 4.69) is 15.5 Å². The van der Waals surface area contributed by atoms with Crippen LogP contribution in [0, 0.1) is 0 Å². The molecule has 130 valence electrons. The second-order valence-corrected chi connectivity index (χ2v) is 6.53. The lowest BCUT2D eigenvalue weighted by Crippen LogP contribution is -2.41. The molecular formula is C15H21N5O3S. The highest BCUT2D eigenvalue weighted by Gasteiger charge is 2.28. The molecule has 0 aliphatic heterocycles. The Morgan fingerprint density at radius 2 is 2.12 bits per heavy atom. The number of hydrogen-bond donors (Lipinski definition) is 3. The number of hydrogen-bond acceptors (Lipinski definition) is 8. The van der Waals surface area contributed by atoms with Crippen LogP contribution in [-0.2, 0) is 5.54 Å². The molecule has 1 aromatic heterocycles. The highest BCUT2D eigenvalue weighted by Crippen LogP contribution is 2.28. The maximum atomic E-state index is 12.7. The number of nitrogens with two attached hydrogens (primary N) is 2. The first kappa shape index (κ1) is 18.0. The predicted molar refractivity (Wildman–Crippen MR) is 92.4 cm³/mol. The van der Waals surface area contributed by atoms with E-state index in [1.807, 2.05) is 13.8 Å². The highest BCUT2D eigenvalue weighted by atomic mass is 32.1. The molecule has 0 unspecified atom stereocenters. The molecule has 0 aliphatic carbocycles. The average molecular weight is 351 g/mol. The standard InChI is InChI=1S/C15H21N5O3S/c1-15(2,13-19-20-14(17)24-13)18-12(21)10-5-4-9(22-3)8-11(10)23-7-6-16/h4-5,8H,6-7,16H2,1-3H3,(H2,17,20)(H,18,21). The van der Waals surface area contributed by atoms with Crippen LogP contribution in [0.3, 0.4) is 0 Å². The lowest BCUT2D eigenvalue weighted by atomic mass is 10.1. The summed E-state index contributed by atoms with van der Waals surface area (Å²) >= 11 is 1.23. The molecule has 0 fully saturated rings. The molecular weight excluding hydrogens is 330 g/mol. The second-order valence-electron chi connectivity index (χ2n) is 5.52. The van der Waals surface area contributed by atoms with Crippen LogP contribution in [0.1, 0.15) is 29.2 Å². The van der Waals surface area contributed by atoms with Crippen LogP contribution in [0.5, 0.6) is 11.5 Å². The molecule has 24 heavy (non-hydrogen) atoms. The van der Waals surface area contributed by atoms with Crippen molar-refractivity contribution < 1.29 is 14.3 Å². The molecule has 0 aliphatic rings. The van der Waals surface area contributed by atoms with Crippen molar-refractivity contribution in [2.24, 2.45) is 5.73 Å². The van der Waals surface area contributed by atoms with Crippen molar-refractivity contribution in [3.05, 3.63) is 28.8 Å². The van der Waals surface area contributed by atoms with Gasteiger partial charge in [0.15, 0.2) is 0 Å². The molecule has 1 amide bonds. The van der Waals surface area contributed by atoms with Crippen molar-refractivity contribution in [1.29, 1.82) is 0 Å². The Kier molecular flexibility index (Phi) is 5.58. The minimum absolute atomic E-state index is 0.295. The quantitative estimate of drug-likeness (QED) is 0.682. The van der Waals surface area contributed by atoms with E-state index in [0.29, 0.717) is 40.4 Å². The molecule has 0 saturated heterocycles. The van der Waals surface area contributed by atoms with Gasteiger partial charge in [0.05, 0.1) is 18.2 Å². The van der Waals surface area contributed by atoms with Crippen molar-refractivity contribution >= 4 is 22.4 Å². The Bertz CT molecular complexity index is 717. The summed E-state index contributed by atoms with van der Waals surface area (Å²) in [6, 6.07) is 4.99. The van der Waals surface area contributed by atoms with E-state index in [1.54, 1.807) is 25.3 Å². The van der Waals surface area contributed by atoms with E-state index in [-0.39, 0.29) is 5.91 Å². The van der Waals surface area contributed by atoms with E-state index < -0.39 is 5.54 Å². The molecule has 0 saturated carbocycles. The highest BCUT2D eigenvalue weighted by molar-refractivity contribution is 7.15. The van der Waals surface area contributed by atoms with Crippen molar-refractivity contribution in [3.8, 4) is 11.5 Å². The number of nitrogens with one attached hydrogen (secondary N) is 1. The van der Waals surface area contributed by atoms with Gasteiger partial charge in [-0.1, -0.05) is 11.3 Å². The zero-order chi connectivity index (χ0) is 17.7. The largest absolute Gasteiger partial charge is 0.497 e. The van der Waals surface area contributed by atoms with Crippen LogP contribution in [-0.4, -0.2) is 36.4 Å². The first-order valence-electron chi connectivity index (χ1n) is 7.30. The molecule has 1 heterocycles. The summed E-state index contributed by atoms with van der Waals surface area (Å²) < 4.78 is 10.7. The number of benzene rings is 1. The maximum absolute atomic E-state index is 12.7. The normalized spacial score (nSPS) is 11.2. The van der Waals surface area contributed by atoms with Gasteiger partial charge >= 0.3 is 0 Å². The van der Waals surface area contributed by atoms with Crippen LogP contribution < -0.4 is 26.3 Å². The monoisotopic (exact) mass is 351 g/mol. The van der Waals surface area contributed by atoms with Crippen LogP contribution in [0.25, 0.3) is 0 Å². The van der Waals surface area contributed by atoms with Crippen LogP contribution >= 0.6 is 11.3 Å². The fourth-order valence-electron chi connectivity index (χ4n) is 2.00. The molecule has 1 aromatic carbocycles. The Labute approximate surface area is 144 Å². The topological polar surface area (TPSA) is 125 Å². The number of rotatable bonds is 7. The number of nitrogen functional groups attached to an aromatic ring is 1. The van der Waals surface area contributed by atoms with Crippen LogP contribution in [0.4, 0.5) is 5.13 Å². The lowest BCUT2D eigenvalue weighted by Gasteiger charge is -2.24. The Hall–Kier alpha value is -2.39. The van der Waals surface area contributed by atoms with Crippen molar-refractivity contribution in [1.82, 2.24) is 15.5 Å². The van der Waals surface area contributed by atoms with Crippen molar-refractivity contribution in [3.63, 3.8) is 0 Å². The first-order valence-corrected chi connectivity index (χ1v) is 8.12. The number of anilines is 1. The molecule has 2 aromatic rings. The number of carbonyl (C=O) groups excluding carboxylic acids is 1. The molecule has 0 bridgehead atoms. The van der Waals surface area contributed by atoms with E-state index in [1.165, 1.54) is 11.3 Å². The zero-order valence-corrected chi connectivity index (χ0v) is 14.6. The van der Waals surface area contributed by atoms with E-state index in [4.69, 9.17) is 20.9 Å². The minimum Gasteiger partial charge on any atom is -0.497 e. The van der Waals surface area contributed by atoms with Crippen molar-refractivity contribution in [2.45, 2.75) is 19.4 Å². The third kappa shape index (κ3) is 4.12. The summed E-state index contributed by atoms with van der Waals surface area (Å²) in [4.78, 5) is 12.7. The summed E-state index contributed by atoms with van der Waals surface area (Å²) in [6.45, 7) is 4.29.